The number of anilines is 1. The zero-order valence-corrected chi connectivity index (χ0v) is 15.4. The monoisotopic (exact) mass is 346 g/mol. The van der Waals surface area contributed by atoms with E-state index in [4.69, 9.17) is 0 Å². The van der Waals surface area contributed by atoms with Crippen molar-refractivity contribution in [1.82, 2.24) is 0 Å². The number of nitrogens with zero attached hydrogens (tertiary/aromatic N) is 2. The van der Waals surface area contributed by atoms with Gasteiger partial charge in [0, 0.05) is 17.7 Å². The minimum Gasteiger partial charge on any atom is -0.335 e. The molecule has 0 saturated heterocycles. The first-order valence-corrected chi connectivity index (χ1v) is 9.29. The van der Waals surface area contributed by atoms with Crippen LogP contribution in [0.1, 0.15) is 12.5 Å². The third kappa shape index (κ3) is 4.31. The summed E-state index contributed by atoms with van der Waals surface area (Å²) in [5, 5.41) is 1.27. The van der Waals surface area contributed by atoms with Crippen LogP contribution >= 0.6 is 11.8 Å². The smallest absolute Gasteiger partial charge is 0.0801 e. The van der Waals surface area contributed by atoms with Crippen LogP contribution in [0.2, 0.25) is 0 Å². The second-order valence-electron chi connectivity index (χ2n) is 5.65. The van der Waals surface area contributed by atoms with Crippen molar-refractivity contribution in [1.29, 1.82) is 0 Å². The van der Waals surface area contributed by atoms with Gasteiger partial charge in [-0.15, -0.1) is 0 Å². The van der Waals surface area contributed by atoms with Gasteiger partial charge in [0.15, 0.2) is 0 Å². The molecule has 126 valence electrons. The number of allylic oxidation sites excluding steroid dienone is 5. The molecule has 0 aromatic heterocycles. The number of hydrogen-bond acceptors (Lipinski definition) is 3. The van der Waals surface area contributed by atoms with Crippen LogP contribution in [0.3, 0.4) is 0 Å². The van der Waals surface area contributed by atoms with E-state index in [2.05, 4.69) is 66.2 Å². The summed E-state index contributed by atoms with van der Waals surface area (Å²) < 4.78 is 0. The van der Waals surface area contributed by atoms with Crippen molar-refractivity contribution in [2.24, 2.45) is 4.99 Å². The Morgan fingerprint density at radius 2 is 1.72 bits per heavy atom. The lowest BCUT2D eigenvalue weighted by atomic mass is 10.2. The van der Waals surface area contributed by atoms with Crippen molar-refractivity contribution in [3.63, 3.8) is 0 Å². The van der Waals surface area contributed by atoms with Gasteiger partial charge in [-0.3, -0.25) is 4.99 Å². The molecule has 0 unspecified atom stereocenters. The molecule has 1 aliphatic rings. The molecule has 1 heterocycles. The van der Waals surface area contributed by atoms with Crippen LogP contribution in [0, 0.1) is 6.92 Å². The molecule has 3 rings (SSSR count). The summed E-state index contributed by atoms with van der Waals surface area (Å²) in [6.45, 7) is 5.23. The van der Waals surface area contributed by atoms with Crippen LogP contribution in [-0.2, 0) is 0 Å². The van der Waals surface area contributed by atoms with Gasteiger partial charge in [-0.25, -0.2) is 0 Å². The van der Waals surface area contributed by atoms with Gasteiger partial charge < -0.3 is 4.90 Å². The zero-order valence-electron chi connectivity index (χ0n) is 14.6. The van der Waals surface area contributed by atoms with Crippen molar-refractivity contribution in [3.8, 4) is 0 Å². The molecule has 3 heteroatoms. The Balaban J connectivity index is 1.60. The lowest BCUT2D eigenvalue weighted by molar-refractivity contribution is 1.00. The molecule has 0 bridgehead atoms. The molecular weight excluding hydrogens is 324 g/mol. The third-order valence-corrected chi connectivity index (χ3v) is 5.07. The SMILES string of the molecule is CCN1/C(=C/C=C/C=C\C=Nc2ccccc2C)Sc2ccccc21. The van der Waals surface area contributed by atoms with Gasteiger partial charge in [0.2, 0.25) is 0 Å². The Labute approximate surface area is 154 Å². The number of hydrogen-bond donors (Lipinski definition) is 0. The normalized spacial score (nSPS) is 15.9. The maximum Gasteiger partial charge on any atom is 0.0801 e. The first kappa shape index (κ1) is 17.3. The predicted octanol–water partition coefficient (Wildman–Crippen LogP) is 6.28. The second kappa shape index (κ2) is 8.54. The highest BCUT2D eigenvalue weighted by Crippen LogP contribution is 2.45. The fraction of sp³-hybridized carbons (Fsp3) is 0.136. The second-order valence-corrected chi connectivity index (χ2v) is 6.72. The standard InChI is InChI=1S/C22H22N2S/c1-3-24-20-14-9-10-15-21(20)25-22(24)16-6-4-5-11-17-23-19-13-8-7-12-18(19)2/h4-17H,3H2,1-2H3/b6-4+,11-5-,22-16-,23-17?. The number of aryl methyl sites for hydroxylation is 1. The molecule has 0 N–H and O–H groups in total. The van der Waals surface area contributed by atoms with E-state index in [1.54, 1.807) is 0 Å². The number of benzene rings is 2. The van der Waals surface area contributed by atoms with Gasteiger partial charge in [0.1, 0.15) is 0 Å². The number of rotatable bonds is 5. The Bertz CT molecular complexity index is 847. The minimum absolute atomic E-state index is 0.975. The zero-order chi connectivity index (χ0) is 17.5. The highest BCUT2D eigenvalue weighted by Gasteiger charge is 2.22. The van der Waals surface area contributed by atoms with E-state index in [1.165, 1.54) is 21.2 Å². The molecule has 1 aliphatic heterocycles. The van der Waals surface area contributed by atoms with Gasteiger partial charge in [-0.05, 0) is 49.8 Å². The fourth-order valence-corrected chi connectivity index (χ4v) is 3.79. The topological polar surface area (TPSA) is 15.6 Å². The summed E-state index contributed by atoms with van der Waals surface area (Å²) in [7, 11) is 0. The van der Waals surface area contributed by atoms with E-state index in [0.29, 0.717) is 0 Å². The molecule has 2 aromatic carbocycles. The van der Waals surface area contributed by atoms with Crippen molar-refractivity contribution >= 4 is 29.4 Å². The van der Waals surface area contributed by atoms with Gasteiger partial charge in [-0.1, -0.05) is 60.3 Å². The van der Waals surface area contributed by atoms with Crippen LogP contribution in [-0.4, -0.2) is 12.8 Å². The van der Waals surface area contributed by atoms with E-state index in [9.17, 15) is 0 Å². The van der Waals surface area contributed by atoms with E-state index >= 15 is 0 Å². The lowest BCUT2D eigenvalue weighted by Crippen LogP contribution is -2.16. The average molecular weight is 346 g/mol. The van der Waals surface area contributed by atoms with Crippen LogP contribution in [0.15, 0.2) is 93.8 Å². The molecule has 2 nitrogen and oxygen atoms in total. The summed E-state index contributed by atoms with van der Waals surface area (Å²) in [6.07, 6.45) is 12.1. The molecule has 25 heavy (non-hydrogen) atoms. The number of para-hydroxylation sites is 2. The molecule has 0 fully saturated rings. The first-order valence-electron chi connectivity index (χ1n) is 8.47. The minimum atomic E-state index is 0.975. The maximum atomic E-state index is 4.46. The molecule has 0 saturated carbocycles. The molecule has 0 radical (unpaired) electrons. The lowest BCUT2D eigenvalue weighted by Gasteiger charge is -2.17. The Kier molecular flexibility index (Phi) is 5.91. The largest absolute Gasteiger partial charge is 0.335 e. The van der Waals surface area contributed by atoms with Crippen molar-refractivity contribution < 1.29 is 0 Å². The molecule has 0 atom stereocenters. The van der Waals surface area contributed by atoms with E-state index in [0.717, 1.165) is 12.2 Å². The fourth-order valence-electron chi connectivity index (χ4n) is 2.65. The number of aliphatic imine (C=N–C) groups is 1. The highest BCUT2D eigenvalue weighted by molar-refractivity contribution is 8.03. The Hall–Kier alpha value is -2.52. The summed E-state index contributed by atoms with van der Waals surface area (Å²) in [5.41, 5.74) is 3.50. The third-order valence-electron chi connectivity index (χ3n) is 3.94. The highest BCUT2D eigenvalue weighted by atomic mass is 32.2. The maximum absolute atomic E-state index is 4.46. The Morgan fingerprint density at radius 3 is 2.56 bits per heavy atom. The summed E-state index contributed by atoms with van der Waals surface area (Å²) in [4.78, 5) is 8.12. The van der Waals surface area contributed by atoms with Crippen LogP contribution in [0.4, 0.5) is 11.4 Å². The number of thioether (sulfide) groups is 1. The van der Waals surface area contributed by atoms with Gasteiger partial charge in [0.25, 0.3) is 0 Å². The van der Waals surface area contributed by atoms with Crippen LogP contribution in [0.5, 0.6) is 0 Å². The van der Waals surface area contributed by atoms with E-state index in [1.807, 2.05) is 54.4 Å². The van der Waals surface area contributed by atoms with Crippen LogP contribution in [0.25, 0.3) is 0 Å². The first-order chi connectivity index (χ1) is 12.3. The number of fused-ring (bicyclic) bond motifs is 1. The van der Waals surface area contributed by atoms with E-state index in [-0.39, 0.29) is 0 Å². The van der Waals surface area contributed by atoms with Gasteiger partial charge in [0.05, 0.1) is 16.4 Å². The molecule has 0 amide bonds. The molecule has 0 aliphatic carbocycles. The summed E-state index contributed by atoms with van der Waals surface area (Å²) in [5.74, 6) is 0. The van der Waals surface area contributed by atoms with Crippen molar-refractivity contribution in [2.75, 3.05) is 11.4 Å². The van der Waals surface area contributed by atoms with Crippen LogP contribution < -0.4 is 4.90 Å². The van der Waals surface area contributed by atoms with Gasteiger partial charge in [-0.2, -0.15) is 0 Å². The average Bonchev–Trinajstić information content (AvgIpc) is 2.99. The van der Waals surface area contributed by atoms with Crippen molar-refractivity contribution in [3.05, 3.63) is 89.5 Å². The molecule has 2 aromatic rings. The summed E-state index contributed by atoms with van der Waals surface area (Å²) in [6, 6.07) is 16.7. The van der Waals surface area contributed by atoms with Crippen molar-refractivity contribution in [2.45, 2.75) is 18.7 Å². The quantitative estimate of drug-likeness (QED) is 0.467. The summed E-state index contributed by atoms with van der Waals surface area (Å²) >= 11 is 1.82. The molecule has 0 spiro atoms. The predicted molar refractivity (Wildman–Crippen MR) is 111 cm³/mol. The Morgan fingerprint density at radius 1 is 0.960 bits per heavy atom. The van der Waals surface area contributed by atoms with Gasteiger partial charge >= 0.3 is 0 Å². The molecular formula is C22H22N2S. The van der Waals surface area contributed by atoms with E-state index < -0.39 is 0 Å².